The van der Waals surface area contributed by atoms with Crippen LogP contribution in [-0.4, -0.2) is 12.4 Å². The van der Waals surface area contributed by atoms with Gasteiger partial charge in [-0.25, -0.2) is 4.39 Å². The third kappa shape index (κ3) is 3.55. The van der Waals surface area contributed by atoms with E-state index in [1.807, 2.05) is 0 Å². The summed E-state index contributed by atoms with van der Waals surface area (Å²) in [7, 11) is 0. The van der Waals surface area contributed by atoms with E-state index in [0.717, 1.165) is 25.7 Å². The molecule has 0 heterocycles. The minimum atomic E-state index is -0.377. The molecule has 1 saturated carbocycles. The Hall–Kier alpha value is -0.900. The van der Waals surface area contributed by atoms with Crippen molar-refractivity contribution in [3.63, 3.8) is 0 Å². The average Bonchev–Trinajstić information content (AvgIpc) is 2.41. The number of Topliss-reactive ketones (excluding diaryl/α,β-unsaturated/α-hetero) is 1. The Morgan fingerprint density at radius 3 is 2.72 bits per heavy atom. The molecule has 0 N–H and O–H groups in total. The highest BCUT2D eigenvalue weighted by Gasteiger charge is 2.21. The lowest BCUT2D eigenvalue weighted by molar-refractivity contribution is -0.125. The van der Waals surface area contributed by atoms with Crippen LogP contribution in [0.4, 0.5) is 4.39 Å². The molecule has 2 nitrogen and oxygen atoms in total. The summed E-state index contributed by atoms with van der Waals surface area (Å²) in [4.78, 5) is 11.9. The van der Waals surface area contributed by atoms with Gasteiger partial charge in [0.2, 0.25) is 0 Å². The largest absolute Gasteiger partial charge is 0.486 e. The number of hydrogen-bond acceptors (Lipinski definition) is 2. The number of rotatable bonds is 4. The Morgan fingerprint density at radius 1 is 1.33 bits per heavy atom. The molecular formula is C14H16BrFO2. The van der Waals surface area contributed by atoms with Gasteiger partial charge in [-0.15, -0.1) is 0 Å². The van der Waals surface area contributed by atoms with Crippen LogP contribution < -0.4 is 4.74 Å². The quantitative estimate of drug-likeness (QED) is 0.835. The fourth-order valence-electron chi connectivity index (χ4n) is 2.26. The topological polar surface area (TPSA) is 26.3 Å². The normalized spacial score (nSPS) is 16.6. The smallest absolute Gasteiger partial charge is 0.173 e. The maximum absolute atomic E-state index is 13.2. The van der Waals surface area contributed by atoms with Crippen LogP contribution in [0.5, 0.6) is 5.75 Å². The van der Waals surface area contributed by atoms with Gasteiger partial charge >= 0.3 is 0 Å². The molecule has 1 aliphatic carbocycles. The summed E-state index contributed by atoms with van der Waals surface area (Å²) in [6.07, 6.45) is 5.42. The van der Waals surface area contributed by atoms with E-state index in [2.05, 4.69) is 15.9 Å². The number of carbonyl (C=O) groups excluding carboxylic acids is 1. The summed E-state index contributed by atoms with van der Waals surface area (Å²) in [6.45, 7) is 0.0474. The standard InChI is InChI=1S/C14H16BrFO2/c15-12-7-6-11(8-13(12)16)18-9-14(17)10-4-2-1-3-5-10/h6-8,10H,1-5,9H2. The van der Waals surface area contributed by atoms with E-state index in [-0.39, 0.29) is 24.1 Å². The summed E-state index contributed by atoms with van der Waals surface area (Å²) in [5, 5.41) is 0. The molecule has 0 radical (unpaired) electrons. The average molecular weight is 315 g/mol. The number of benzene rings is 1. The zero-order valence-electron chi connectivity index (χ0n) is 10.1. The first-order valence-corrected chi connectivity index (χ1v) is 7.06. The highest BCUT2D eigenvalue weighted by Crippen LogP contribution is 2.25. The molecule has 2 rings (SSSR count). The summed E-state index contributed by atoms with van der Waals surface area (Å²) in [5.74, 6) is 0.301. The monoisotopic (exact) mass is 314 g/mol. The van der Waals surface area contributed by atoms with E-state index in [4.69, 9.17) is 4.74 Å². The fourth-order valence-corrected chi connectivity index (χ4v) is 2.51. The summed E-state index contributed by atoms with van der Waals surface area (Å²) in [6, 6.07) is 4.52. The molecule has 1 fully saturated rings. The predicted molar refractivity (Wildman–Crippen MR) is 71.2 cm³/mol. The van der Waals surface area contributed by atoms with E-state index >= 15 is 0 Å². The molecule has 0 spiro atoms. The van der Waals surface area contributed by atoms with Gasteiger partial charge in [0, 0.05) is 12.0 Å². The summed E-state index contributed by atoms with van der Waals surface area (Å²) in [5.41, 5.74) is 0. The molecule has 0 amide bonds. The number of ether oxygens (including phenoxy) is 1. The molecule has 0 saturated heterocycles. The van der Waals surface area contributed by atoms with Gasteiger partial charge in [0.25, 0.3) is 0 Å². The van der Waals surface area contributed by atoms with Gasteiger partial charge in [0.15, 0.2) is 5.78 Å². The van der Waals surface area contributed by atoms with E-state index in [0.29, 0.717) is 10.2 Å². The highest BCUT2D eigenvalue weighted by molar-refractivity contribution is 9.10. The number of hydrogen-bond donors (Lipinski definition) is 0. The molecule has 1 aromatic rings. The van der Waals surface area contributed by atoms with Crippen molar-refractivity contribution in [1.29, 1.82) is 0 Å². The van der Waals surface area contributed by atoms with Crippen LogP contribution in [0, 0.1) is 11.7 Å². The molecule has 0 atom stereocenters. The first-order chi connectivity index (χ1) is 8.66. The Labute approximate surface area is 115 Å². The van der Waals surface area contributed by atoms with Gasteiger partial charge in [-0.1, -0.05) is 19.3 Å². The van der Waals surface area contributed by atoms with E-state index in [9.17, 15) is 9.18 Å². The molecule has 98 valence electrons. The van der Waals surface area contributed by atoms with Gasteiger partial charge in [-0.2, -0.15) is 0 Å². The molecule has 0 aromatic heterocycles. The number of halogens is 2. The first kappa shape index (κ1) is 13.5. The fraction of sp³-hybridized carbons (Fsp3) is 0.500. The summed E-state index contributed by atoms with van der Waals surface area (Å²) < 4.78 is 19.0. The zero-order chi connectivity index (χ0) is 13.0. The van der Waals surface area contributed by atoms with Crippen LogP contribution in [0.3, 0.4) is 0 Å². The third-order valence-corrected chi connectivity index (χ3v) is 3.98. The van der Waals surface area contributed by atoms with Crippen molar-refractivity contribution in [3.8, 4) is 5.75 Å². The van der Waals surface area contributed by atoms with Crippen molar-refractivity contribution < 1.29 is 13.9 Å². The Morgan fingerprint density at radius 2 is 2.06 bits per heavy atom. The number of carbonyl (C=O) groups is 1. The van der Waals surface area contributed by atoms with Crippen LogP contribution in [0.15, 0.2) is 22.7 Å². The Bertz CT molecular complexity index is 428. The van der Waals surface area contributed by atoms with Crippen LogP contribution >= 0.6 is 15.9 Å². The van der Waals surface area contributed by atoms with Gasteiger partial charge in [-0.3, -0.25) is 4.79 Å². The zero-order valence-corrected chi connectivity index (χ0v) is 11.7. The maximum atomic E-state index is 13.2. The second-order valence-electron chi connectivity index (χ2n) is 4.67. The minimum Gasteiger partial charge on any atom is -0.486 e. The van der Waals surface area contributed by atoms with Crippen molar-refractivity contribution in [3.05, 3.63) is 28.5 Å². The Kier molecular flexibility index (Phi) is 4.75. The predicted octanol–water partition coefficient (Wildman–Crippen LogP) is 4.12. The molecule has 1 aromatic carbocycles. The number of ketones is 1. The van der Waals surface area contributed by atoms with Crippen LogP contribution in [0.25, 0.3) is 0 Å². The van der Waals surface area contributed by atoms with Gasteiger partial charge in [0.1, 0.15) is 18.2 Å². The lowest BCUT2D eigenvalue weighted by Gasteiger charge is -2.20. The molecule has 0 aliphatic heterocycles. The summed E-state index contributed by atoms with van der Waals surface area (Å²) >= 11 is 3.07. The second kappa shape index (κ2) is 6.32. The SMILES string of the molecule is O=C(COc1ccc(Br)c(F)c1)C1CCCCC1. The first-order valence-electron chi connectivity index (χ1n) is 6.27. The van der Waals surface area contributed by atoms with E-state index in [1.54, 1.807) is 12.1 Å². The highest BCUT2D eigenvalue weighted by atomic mass is 79.9. The van der Waals surface area contributed by atoms with Crippen molar-refractivity contribution in [2.45, 2.75) is 32.1 Å². The molecular weight excluding hydrogens is 299 g/mol. The molecule has 1 aliphatic rings. The Balaban J connectivity index is 1.86. The van der Waals surface area contributed by atoms with Crippen molar-refractivity contribution in [1.82, 2.24) is 0 Å². The van der Waals surface area contributed by atoms with E-state index < -0.39 is 0 Å². The van der Waals surface area contributed by atoms with Crippen molar-refractivity contribution in [2.75, 3.05) is 6.61 Å². The van der Waals surface area contributed by atoms with Gasteiger partial charge in [0.05, 0.1) is 4.47 Å². The lowest BCUT2D eigenvalue weighted by Crippen LogP contribution is -2.23. The maximum Gasteiger partial charge on any atom is 0.173 e. The molecule has 18 heavy (non-hydrogen) atoms. The minimum absolute atomic E-state index is 0.0474. The van der Waals surface area contributed by atoms with Gasteiger partial charge in [-0.05, 0) is 40.9 Å². The second-order valence-corrected chi connectivity index (χ2v) is 5.52. The van der Waals surface area contributed by atoms with Crippen LogP contribution in [0.1, 0.15) is 32.1 Å². The molecule has 0 bridgehead atoms. The van der Waals surface area contributed by atoms with Crippen LogP contribution in [-0.2, 0) is 4.79 Å². The van der Waals surface area contributed by atoms with Gasteiger partial charge < -0.3 is 4.74 Å². The molecule has 0 unspecified atom stereocenters. The van der Waals surface area contributed by atoms with Crippen LogP contribution in [0.2, 0.25) is 0 Å². The van der Waals surface area contributed by atoms with Crippen molar-refractivity contribution >= 4 is 21.7 Å². The van der Waals surface area contributed by atoms with E-state index in [1.165, 1.54) is 12.5 Å². The lowest BCUT2D eigenvalue weighted by atomic mass is 9.86. The molecule has 4 heteroatoms. The third-order valence-electron chi connectivity index (χ3n) is 3.33. The van der Waals surface area contributed by atoms with Crippen molar-refractivity contribution in [2.24, 2.45) is 5.92 Å².